The third-order valence-corrected chi connectivity index (χ3v) is 13.2. The van der Waals surface area contributed by atoms with Crippen molar-refractivity contribution in [3.8, 4) is 0 Å². The standard InChI is InChI=1S/C43H46N4S3/c1-8-30-21-23-31(24-22-30)29-48-40-45-46-41(50-40)49-39-32(25-27-37(44-6)42(2,3)34-17-10-9-11-18-34)15-14-16-33(39)26-28-38-43(4,5)35-19-12-13-20-36(35)47(38)7/h8-13,17-28H,1,14-16,29H2,2-7H3/b27-25+,33-26+,38-28+,44-37+. The fourth-order valence-electron chi connectivity index (χ4n) is 6.86. The topological polar surface area (TPSA) is 41.4 Å². The second-order valence-corrected chi connectivity index (χ2v) is 17.2. The smallest absolute Gasteiger partial charge is 0.179 e. The highest BCUT2D eigenvalue weighted by molar-refractivity contribution is 8.05. The van der Waals surface area contributed by atoms with Crippen LogP contribution >= 0.6 is 34.9 Å². The van der Waals surface area contributed by atoms with Gasteiger partial charge in [0, 0.05) is 52.7 Å². The van der Waals surface area contributed by atoms with Gasteiger partial charge in [0.25, 0.3) is 0 Å². The van der Waals surface area contributed by atoms with E-state index in [1.54, 1.807) is 34.9 Å². The lowest BCUT2D eigenvalue weighted by molar-refractivity contribution is 0.640. The van der Waals surface area contributed by atoms with E-state index in [1.807, 2.05) is 13.1 Å². The van der Waals surface area contributed by atoms with E-state index in [0.717, 1.165) is 45.0 Å². The maximum Gasteiger partial charge on any atom is 0.179 e. The van der Waals surface area contributed by atoms with Crippen molar-refractivity contribution in [3.05, 3.63) is 154 Å². The van der Waals surface area contributed by atoms with Crippen LogP contribution in [0.3, 0.4) is 0 Å². The molecule has 2 heterocycles. The summed E-state index contributed by atoms with van der Waals surface area (Å²) in [7, 11) is 4.09. The predicted molar refractivity (Wildman–Crippen MR) is 219 cm³/mol. The summed E-state index contributed by atoms with van der Waals surface area (Å²) in [6.07, 6.45) is 14.2. The molecule has 0 radical (unpaired) electrons. The molecule has 0 fully saturated rings. The lowest BCUT2D eigenvalue weighted by Crippen LogP contribution is -2.27. The first-order valence-electron chi connectivity index (χ1n) is 17.2. The van der Waals surface area contributed by atoms with E-state index in [4.69, 9.17) is 4.99 Å². The van der Waals surface area contributed by atoms with Crippen molar-refractivity contribution in [2.45, 2.75) is 72.2 Å². The number of aromatic nitrogens is 2. The number of hydrogen-bond donors (Lipinski definition) is 0. The Bertz CT molecular complexity index is 1990. The zero-order chi connectivity index (χ0) is 35.3. The SMILES string of the molecule is C=Cc1ccc(CSc2nnc(SC3=C(/C=C/C(=N\C)C(C)(C)c4ccccc4)CCC/C3=C\C=C3\N(C)c4ccccc4C3(C)C)s2)cc1. The predicted octanol–water partition coefficient (Wildman–Crippen LogP) is 11.8. The molecule has 4 nitrogen and oxygen atoms in total. The van der Waals surface area contributed by atoms with E-state index in [1.165, 1.54) is 44.1 Å². The molecule has 2 aliphatic rings. The van der Waals surface area contributed by atoms with Crippen LogP contribution in [0.1, 0.15) is 69.2 Å². The van der Waals surface area contributed by atoms with Crippen molar-refractivity contribution < 1.29 is 0 Å². The zero-order valence-electron chi connectivity index (χ0n) is 29.9. The summed E-state index contributed by atoms with van der Waals surface area (Å²) < 4.78 is 1.95. The molecule has 4 aromatic rings. The minimum Gasteiger partial charge on any atom is -0.347 e. The molecule has 1 aromatic heterocycles. The first kappa shape index (κ1) is 35.9. The number of allylic oxidation sites excluding steroid dienone is 7. The van der Waals surface area contributed by atoms with Crippen LogP contribution in [0.15, 0.2) is 145 Å². The van der Waals surface area contributed by atoms with Crippen LogP contribution in [0.4, 0.5) is 5.69 Å². The molecule has 0 saturated heterocycles. The van der Waals surface area contributed by atoms with Gasteiger partial charge < -0.3 is 4.90 Å². The Labute approximate surface area is 310 Å². The van der Waals surface area contributed by atoms with Crippen LogP contribution in [-0.2, 0) is 16.6 Å². The molecular formula is C43H46N4S3. The van der Waals surface area contributed by atoms with E-state index in [-0.39, 0.29) is 10.8 Å². The zero-order valence-corrected chi connectivity index (χ0v) is 32.4. The first-order valence-corrected chi connectivity index (χ1v) is 19.8. The lowest BCUT2D eigenvalue weighted by Gasteiger charge is -2.26. The molecular weight excluding hydrogens is 669 g/mol. The van der Waals surface area contributed by atoms with E-state index < -0.39 is 0 Å². The number of para-hydroxylation sites is 1. The first-order chi connectivity index (χ1) is 24.1. The van der Waals surface area contributed by atoms with Crippen LogP contribution < -0.4 is 4.90 Å². The number of rotatable bonds is 11. The normalized spacial score (nSPS) is 18.0. The Morgan fingerprint density at radius 1 is 0.960 bits per heavy atom. The molecule has 0 saturated carbocycles. The van der Waals surface area contributed by atoms with Crippen LogP contribution in [-0.4, -0.2) is 30.0 Å². The Kier molecular flexibility index (Phi) is 11.2. The Balaban J connectivity index is 1.32. The molecule has 0 spiro atoms. The highest BCUT2D eigenvalue weighted by Crippen LogP contribution is 2.48. The number of hydrogen-bond acceptors (Lipinski definition) is 7. The second kappa shape index (κ2) is 15.5. The third kappa shape index (κ3) is 7.70. The van der Waals surface area contributed by atoms with E-state index in [9.17, 15) is 0 Å². The number of nitrogens with zero attached hydrogens (tertiary/aromatic N) is 4. The highest BCUT2D eigenvalue weighted by Gasteiger charge is 2.38. The average molecular weight is 715 g/mol. The summed E-state index contributed by atoms with van der Waals surface area (Å²) >= 11 is 5.18. The fraction of sp³-hybridized carbons (Fsp3) is 0.279. The van der Waals surface area contributed by atoms with Gasteiger partial charge in [-0.1, -0.05) is 160 Å². The van der Waals surface area contributed by atoms with Gasteiger partial charge in [0.1, 0.15) is 0 Å². The third-order valence-electron chi connectivity index (χ3n) is 9.83. The van der Waals surface area contributed by atoms with E-state index >= 15 is 0 Å². The largest absolute Gasteiger partial charge is 0.347 e. The summed E-state index contributed by atoms with van der Waals surface area (Å²) in [5.41, 5.74) is 11.0. The summed E-state index contributed by atoms with van der Waals surface area (Å²) in [6.45, 7) is 13.0. The minimum atomic E-state index is -0.219. The van der Waals surface area contributed by atoms with Crippen molar-refractivity contribution in [2.24, 2.45) is 4.99 Å². The summed E-state index contributed by atoms with van der Waals surface area (Å²) in [5.74, 6) is 0.855. The van der Waals surface area contributed by atoms with Gasteiger partial charge in [-0.05, 0) is 70.9 Å². The molecule has 3 aromatic carbocycles. The van der Waals surface area contributed by atoms with Gasteiger partial charge in [0.15, 0.2) is 8.68 Å². The Morgan fingerprint density at radius 2 is 1.68 bits per heavy atom. The number of likely N-dealkylation sites (N-methyl/N-ethyl adjacent to an activating group) is 1. The van der Waals surface area contributed by atoms with Gasteiger partial charge in [-0.3, -0.25) is 4.99 Å². The summed E-state index contributed by atoms with van der Waals surface area (Å²) in [6, 6.07) is 27.9. The molecule has 0 amide bonds. The van der Waals surface area contributed by atoms with Gasteiger partial charge in [-0.15, -0.1) is 10.2 Å². The molecule has 256 valence electrons. The van der Waals surface area contributed by atoms with E-state index in [2.05, 4.69) is 160 Å². The molecule has 7 heteroatoms. The monoisotopic (exact) mass is 714 g/mol. The Hall–Kier alpha value is -3.91. The van der Waals surface area contributed by atoms with Crippen molar-refractivity contribution in [2.75, 3.05) is 19.0 Å². The van der Waals surface area contributed by atoms with E-state index in [0.29, 0.717) is 0 Å². The summed E-state index contributed by atoms with van der Waals surface area (Å²) in [4.78, 5) is 8.41. The van der Waals surface area contributed by atoms with Crippen LogP contribution in [0, 0.1) is 0 Å². The minimum absolute atomic E-state index is 0.0797. The molecule has 0 N–H and O–H groups in total. The maximum atomic E-state index is 4.78. The second-order valence-electron chi connectivity index (χ2n) is 13.8. The van der Waals surface area contributed by atoms with Crippen LogP contribution in [0.5, 0.6) is 0 Å². The summed E-state index contributed by atoms with van der Waals surface area (Å²) in [5, 5.41) is 9.27. The molecule has 50 heavy (non-hydrogen) atoms. The number of thioether (sulfide) groups is 2. The lowest BCUT2D eigenvalue weighted by atomic mass is 9.79. The van der Waals surface area contributed by atoms with Crippen molar-refractivity contribution >= 4 is 52.3 Å². The van der Waals surface area contributed by atoms with Crippen molar-refractivity contribution in [1.29, 1.82) is 0 Å². The van der Waals surface area contributed by atoms with Crippen molar-refractivity contribution in [1.82, 2.24) is 10.2 Å². The van der Waals surface area contributed by atoms with Gasteiger partial charge in [0.05, 0.1) is 0 Å². The molecule has 1 aliphatic carbocycles. The molecule has 0 atom stereocenters. The number of benzene rings is 3. The molecule has 6 rings (SSSR count). The Morgan fingerprint density at radius 3 is 2.40 bits per heavy atom. The molecule has 0 bridgehead atoms. The number of anilines is 1. The quantitative estimate of drug-likeness (QED) is 0.114. The van der Waals surface area contributed by atoms with Gasteiger partial charge in [-0.25, -0.2) is 0 Å². The van der Waals surface area contributed by atoms with Gasteiger partial charge in [0.2, 0.25) is 0 Å². The maximum absolute atomic E-state index is 4.78. The molecule has 1 aliphatic heterocycles. The number of fused-ring (bicyclic) bond motifs is 1. The van der Waals surface area contributed by atoms with Crippen LogP contribution in [0.25, 0.3) is 6.08 Å². The molecule has 0 unspecified atom stereocenters. The van der Waals surface area contributed by atoms with Crippen molar-refractivity contribution in [3.63, 3.8) is 0 Å². The highest BCUT2D eigenvalue weighted by atomic mass is 32.2. The fourth-order valence-corrected chi connectivity index (χ4v) is 10.1. The van der Waals surface area contributed by atoms with Crippen LogP contribution in [0.2, 0.25) is 0 Å². The van der Waals surface area contributed by atoms with Gasteiger partial charge in [-0.2, -0.15) is 0 Å². The van der Waals surface area contributed by atoms with Gasteiger partial charge >= 0.3 is 0 Å². The number of aliphatic imine (C=N–C) groups is 1. The average Bonchev–Trinajstić information content (AvgIpc) is 3.66.